The third-order valence-electron chi connectivity index (χ3n) is 2.63. The summed E-state index contributed by atoms with van der Waals surface area (Å²) in [5.41, 5.74) is 0.633. The van der Waals surface area contributed by atoms with Crippen LogP contribution in [0.15, 0.2) is 46.9 Å². The molecule has 0 bridgehead atoms. The Balaban J connectivity index is 1.91. The number of hydrogen-bond acceptors (Lipinski definition) is 3. The molecule has 0 aliphatic rings. The Kier molecular flexibility index (Phi) is 5.51. The average Bonchev–Trinajstić information content (AvgIpc) is 2.49. The molecule has 22 heavy (non-hydrogen) atoms. The van der Waals surface area contributed by atoms with Crippen LogP contribution in [0.2, 0.25) is 5.02 Å². The second kappa shape index (κ2) is 7.38. The van der Waals surface area contributed by atoms with Gasteiger partial charge in [0.15, 0.2) is 6.61 Å². The monoisotopic (exact) mass is 385 g/mol. The molecule has 7 heteroatoms. The molecule has 0 unspecified atom stereocenters. The third-order valence-corrected chi connectivity index (χ3v) is 3.61. The van der Waals surface area contributed by atoms with E-state index in [4.69, 9.17) is 16.3 Å². The summed E-state index contributed by atoms with van der Waals surface area (Å²) in [6.07, 6.45) is 0. The van der Waals surface area contributed by atoms with Crippen molar-refractivity contribution in [1.82, 2.24) is 0 Å². The van der Waals surface area contributed by atoms with Gasteiger partial charge in [-0.05, 0) is 46.3 Å². The van der Waals surface area contributed by atoms with Gasteiger partial charge in [0.25, 0.3) is 5.91 Å². The normalized spacial score (nSPS) is 10.1. The van der Waals surface area contributed by atoms with Gasteiger partial charge < -0.3 is 10.1 Å². The van der Waals surface area contributed by atoms with Gasteiger partial charge in [0, 0.05) is 10.2 Å². The maximum atomic E-state index is 13.0. The van der Waals surface area contributed by atoms with Crippen LogP contribution in [0.1, 0.15) is 10.4 Å². The maximum absolute atomic E-state index is 13.0. The molecule has 0 radical (unpaired) electrons. The van der Waals surface area contributed by atoms with Gasteiger partial charge in [0.1, 0.15) is 5.82 Å². The van der Waals surface area contributed by atoms with Crippen LogP contribution in [0.25, 0.3) is 0 Å². The molecule has 4 nitrogen and oxygen atoms in total. The first-order valence-electron chi connectivity index (χ1n) is 6.14. The van der Waals surface area contributed by atoms with E-state index in [1.807, 2.05) is 0 Å². The molecule has 0 aromatic heterocycles. The predicted octanol–water partition coefficient (Wildman–Crippen LogP) is 4.04. The van der Waals surface area contributed by atoms with Crippen molar-refractivity contribution in [3.8, 4) is 0 Å². The zero-order valence-electron chi connectivity index (χ0n) is 11.1. The number of ether oxygens (including phenoxy) is 1. The standard InChI is InChI=1S/C15H10BrClFNO3/c16-11-4-2-1-3-10(11)15(21)22-8-14(20)19-9-5-6-13(18)12(17)7-9/h1-7H,8H2,(H,19,20). The van der Waals surface area contributed by atoms with Gasteiger partial charge in [-0.3, -0.25) is 4.79 Å². The summed E-state index contributed by atoms with van der Waals surface area (Å²) < 4.78 is 18.5. The van der Waals surface area contributed by atoms with Crippen molar-refractivity contribution in [3.05, 3.63) is 63.3 Å². The van der Waals surface area contributed by atoms with E-state index in [9.17, 15) is 14.0 Å². The minimum absolute atomic E-state index is 0.108. The van der Waals surface area contributed by atoms with E-state index < -0.39 is 24.3 Å². The van der Waals surface area contributed by atoms with E-state index in [1.165, 1.54) is 12.1 Å². The lowest BCUT2D eigenvalue weighted by Gasteiger charge is -2.08. The Bertz CT molecular complexity index is 724. The van der Waals surface area contributed by atoms with Crippen molar-refractivity contribution in [3.63, 3.8) is 0 Å². The van der Waals surface area contributed by atoms with Crippen molar-refractivity contribution in [2.75, 3.05) is 11.9 Å². The van der Waals surface area contributed by atoms with Crippen LogP contribution in [-0.4, -0.2) is 18.5 Å². The van der Waals surface area contributed by atoms with Gasteiger partial charge in [-0.1, -0.05) is 23.7 Å². The van der Waals surface area contributed by atoms with Crippen LogP contribution in [0.3, 0.4) is 0 Å². The van der Waals surface area contributed by atoms with E-state index in [0.717, 1.165) is 6.07 Å². The number of esters is 1. The fraction of sp³-hybridized carbons (Fsp3) is 0.0667. The van der Waals surface area contributed by atoms with E-state index in [0.29, 0.717) is 15.7 Å². The molecule has 0 atom stereocenters. The summed E-state index contributed by atoms with van der Waals surface area (Å²) >= 11 is 8.83. The summed E-state index contributed by atoms with van der Waals surface area (Å²) in [4.78, 5) is 23.5. The minimum atomic E-state index is -0.625. The predicted molar refractivity (Wildman–Crippen MR) is 84.5 cm³/mol. The highest BCUT2D eigenvalue weighted by Gasteiger charge is 2.13. The van der Waals surface area contributed by atoms with Crippen molar-refractivity contribution in [2.45, 2.75) is 0 Å². The smallest absolute Gasteiger partial charge is 0.339 e. The Labute approximate surface area is 139 Å². The number of amides is 1. The van der Waals surface area contributed by atoms with E-state index in [2.05, 4.69) is 21.2 Å². The zero-order valence-corrected chi connectivity index (χ0v) is 13.4. The second-order valence-electron chi connectivity index (χ2n) is 4.23. The van der Waals surface area contributed by atoms with E-state index >= 15 is 0 Å². The molecule has 1 amide bonds. The topological polar surface area (TPSA) is 55.4 Å². The first-order valence-corrected chi connectivity index (χ1v) is 7.31. The molecule has 0 aliphatic carbocycles. The van der Waals surface area contributed by atoms with Gasteiger partial charge in [0.2, 0.25) is 0 Å². The number of anilines is 1. The van der Waals surface area contributed by atoms with Crippen LogP contribution in [-0.2, 0) is 9.53 Å². The Hall–Kier alpha value is -1.92. The van der Waals surface area contributed by atoms with Gasteiger partial charge in [-0.15, -0.1) is 0 Å². The Morgan fingerprint density at radius 1 is 1.23 bits per heavy atom. The van der Waals surface area contributed by atoms with Crippen molar-refractivity contribution >= 4 is 45.1 Å². The molecule has 0 aliphatic heterocycles. The number of carbonyl (C=O) groups is 2. The van der Waals surface area contributed by atoms with Gasteiger partial charge >= 0.3 is 5.97 Å². The lowest BCUT2D eigenvalue weighted by molar-refractivity contribution is -0.119. The summed E-state index contributed by atoms with van der Waals surface area (Å²) in [5, 5.41) is 2.34. The number of nitrogens with one attached hydrogen (secondary N) is 1. The highest BCUT2D eigenvalue weighted by molar-refractivity contribution is 9.10. The summed E-state index contributed by atoms with van der Waals surface area (Å²) in [6.45, 7) is -0.463. The fourth-order valence-corrected chi connectivity index (χ4v) is 2.23. The maximum Gasteiger partial charge on any atom is 0.339 e. The quantitative estimate of drug-likeness (QED) is 0.807. The molecule has 1 N–H and O–H groups in total. The highest BCUT2D eigenvalue weighted by atomic mass is 79.9. The summed E-state index contributed by atoms with van der Waals surface area (Å²) in [5.74, 6) is -1.76. The molecule has 0 fully saturated rings. The number of carbonyl (C=O) groups excluding carboxylic acids is 2. The van der Waals surface area contributed by atoms with Gasteiger partial charge in [-0.2, -0.15) is 0 Å². The molecule has 2 aromatic rings. The van der Waals surface area contributed by atoms with E-state index in [1.54, 1.807) is 24.3 Å². The van der Waals surface area contributed by atoms with E-state index in [-0.39, 0.29) is 5.02 Å². The molecule has 0 heterocycles. The lowest BCUT2D eigenvalue weighted by atomic mass is 10.2. The molecular weight excluding hydrogens is 377 g/mol. The first-order chi connectivity index (χ1) is 10.5. The molecule has 114 valence electrons. The van der Waals surface area contributed by atoms with Crippen LogP contribution in [0, 0.1) is 5.82 Å². The van der Waals surface area contributed by atoms with Crippen LogP contribution < -0.4 is 5.32 Å². The second-order valence-corrected chi connectivity index (χ2v) is 5.49. The SMILES string of the molecule is O=C(COC(=O)c1ccccc1Br)Nc1ccc(F)c(Cl)c1. The minimum Gasteiger partial charge on any atom is -0.452 e. The number of rotatable bonds is 4. The summed E-state index contributed by atoms with van der Waals surface area (Å²) in [6, 6.07) is 10.5. The Morgan fingerprint density at radius 2 is 1.95 bits per heavy atom. The third kappa shape index (κ3) is 4.29. The van der Waals surface area contributed by atoms with Crippen molar-refractivity contribution in [1.29, 1.82) is 0 Å². The zero-order chi connectivity index (χ0) is 16.1. The number of hydrogen-bond donors (Lipinski definition) is 1. The highest BCUT2D eigenvalue weighted by Crippen LogP contribution is 2.19. The molecule has 0 saturated heterocycles. The lowest BCUT2D eigenvalue weighted by Crippen LogP contribution is -2.21. The van der Waals surface area contributed by atoms with Crippen LogP contribution >= 0.6 is 27.5 Å². The molecule has 2 aromatic carbocycles. The molecule has 0 saturated carbocycles. The number of benzene rings is 2. The van der Waals surface area contributed by atoms with Crippen molar-refractivity contribution in [2.24, 2.45) is 0 Å². The summed E-state index contributed by atoms with van der Waals surface area (Å²) in [7, 11) is 0. The van der Waals surface area contributed by atoms with Crippen LogP contribution in [0.5, 0.6) is 0 Å². The average molecular weight is 387 g/mol. The van der Waals surface area contributed by atoms with Gasteiger partial charge in [-0.25, -0.2) is 9.18 Å². The molecule has 0 spiro atoms. The van der Waals surface area contributed by atoms with Crippen molar-refractivity contribution < 1.29 is 18.7 Å². The molecule has 2 rings (SSSR count). The number of halogens is 3. The first kappa shape index (κ1) is 16.5. The largest absolute Gasteiger partial charge is 0.452 e. The molecular formula is C15H10BrClFNO3. The van der Waals surface area contributed by atoms with Crippen LogP contribution in [0.4, 0.5) is 10.1 Å². The Morgan fingerprint density at radius 3 is 2.64 bits per heavy atom. The fourth-order valence-electron chi connectivity index (χ4n) is 1.61. The van der Waals surface area contributed by atoms with Gasteiger partial charge in [0.05, 0.1) is 10.6 Å².